The van der Waals surface area contributed by atoms with Crippen molar-refractivity contribution in [3.63, 3.8) is 0 Å². The fourth-order valence-electron chi connectivity index (χ4n) is 6.25. The SMILES string of the molecule is CC(=O)N[C@@H]1[C@@H](O)[C@H](O[C@@H]2O[C@H](CO)[C@@H](O[C@H]3O[C@H](CO[C@@H]4O[C@H](CO)[C@@H](O)[C@H](O)[C@@H]4O)[C@@H](O)[C@H](O)[C@@H]3O)[C@H](O)[C@H]2NC(C)=O)[C@@H](CO)O[C@H]1O. The van der Waals surface area contributed by atoms with Crippen molar-refractivity contribution in [2.45, 2.75) is 137 Å². The Morgan fingerprint density at radius 2 is 0.941 bits per heavy atom. The van der Waals surface area contributed by atoms with Gasteiger partial charge >= 0.3 is 0 Å². The molecule has 4 fully saturated rings. The molecule has 2 amide bonds. The van der Waals surface area contributed by atoms with E-state index in [4.69, 9.17) is 33.2 Å². The lowest BCUT2D eigenvalue weighted by Gasteiger charge is -2.49. The van der Waals surface area contributed by atoms with Crippen LogP contribution in [0.2, 0.25) is 0 Å². The van der Waals surface area contributed by atoms with Crippen LogP contribution in [-0.4, -0.2) is 222 Å². The minimum atomic E-state index is -2.00. The van der Waals surface area contributed by atoms with Crippen molar-refractivity contribution >= 4 is 11.8 Å². The Morgan fingerprint density at radius 1 is 0.510 bits per heavy atom. The van der Waals surface area contributed by atoms with Gasteiger partial charge in [-0.25, -0.2) is 0 Å². The van der Waals surface area contributed by atoms with E-state index in [0.29, 0.717) is 0 Å². The average molecular weight is 749 g/mol. The van der Waals surface area contributed by atoms with E-state index >= 15 is 0 Å². The summed E-state index contributed by atoms with van der Waals surface area (Å²) < 4.78 is 38.9. The average Bonchev–Trinajstić information content (AvgIpc) is 3.09. The van der Waals surface area contributed by atoms with E-state index < -0.39 is 161 Å². The van der Waals surface area contributed by atoms with Gasteiger partial charge in [0.25, 0.3) is 0 Å². The molecule has 23 nitrogen and oxygen atoms in total. The van der Waals surface area contributed by atoms with E-state index in [1.807, 2.05) is 0 Å². The van der Waals surface area contributed by atoms with Crippen molar-refractivity contribution < 1.29 is 104 Å². The van der Waals surface area contributed by atoms with Gasteiger partial charge in [0.15, 0.2) is 25.2 Å². The molecule has 51 heavy (non-hydrogen) atoms. The van der Waals surface area contributed by atoms with Crippen LogP contribution in [0.1, 0.15) is 13.8 Å². The number of ether oxygens (including phenoxy) is 7. The molecular weight excluding hydrogens is 700 g/mol. The number of rotatable bonds is 12. The van der Waals surface area contributed by atoms with Crippen LogP contribution in [0.5, 0.6) is 0 Å². The Morgan fingerprint density at radius 3 is 1.49 bits per heavy atom. The van der Waals surface area contributed by atoms with E-state index in [9.17, 15) is 70.9 Å². The monoisotopic (exact) mass is 748 g/mol. The molecule has 0 aromatic rings. The molecule has 0 bridgehead atoms. The number of hydrogen-bond acceptors (Lipinski definition) is 21. The lowest BCUT2D eigenvalue weighted by Crippen LogP contribution is -2.70. The summed E-state index contributed by atoms with van der Waals surface area (Å²) in [5.74, 6) is -1.39. The van der Waals surface area contributed by atoms with Crippen molar-refractivity contribution in [3.05, 3.63) is 0 Å². The second-order valence-electron chi connectivity index (χ2n) is 12.7. The maximum absolute atomic E-state index is 12.2. The third kappa shape index (κ3) is 9.29. The van der Waals surface area contributed by atoms with Gasteiger partial charge in [-0.05, 0) is 0 Å². The summed E-state index contributed by atoms with van der Waals surface area (Å²) in [5.41, 5.74) is 0. The molecule has 0 aliphatic carbocycles. The van der Waals surface area contributed by atoms with E-state index in [1.165, 1.54) is 0 Å². The molecule has 4 rings (SSSR count). The van der Waals surface area contributed by atoms with Gasteiger partial charge in [0.1, 0.15) is 97.5 Å². The summed E-state index contributed by atoms with van der Waals surface area (Å²) in [6, 6.07) is -3.02. The number of carbonyl (C=O) groups is 2. The summed E-state index contributed by atoms with van der Waals surface area (Å²) in [6.45, 7) is -0.998. The molecule has 14 N–H and O–H groups in total. The summed E-state index contributed by atoms with van der Waals surface area (Å²) in [6.07, 6.45) is -30.9. The van der Waals surface area contributed by atoms with Gasteiger partial charge in [0.05, 0.1) is 26.4 Å². The second kappa shape index (κ2) is 18.0. The number of aliphatic hydroxyl groups is 12. The molecule has 23 heteroatoms. The molecule has 0 unspecified atom stereocenters. The van der Waals surface area contributed by atoms with Crippen molar-refractivity contribution in [2.24, 2.45) is 0 Å². The highest BCUT2D eigenvalue weighted by Crippen LogP contribution is 2.33. The highest BCUT2D eigenvalue weighted by molar-refractivity contribution is 5.73. The summed E-state index contributed by atoms with van der Waals surface area (Å²) in [5, 5.41) is 129. The van der Waals surface area contributed by atoms with E-state index in [1.54, 1.807) is 0 Å². The van der Waals surface area contributed by atoms with Gasteiger partial charge in [-0.15, -0.1) is 0 Å². The molecule has 20 atom stereocenters. The highest BCUT2D eigenvalue weighted by atomic mass is 16.8. The summed E-state index contributed by atoms with van der Waals surface area (Å²) >= 11 is 0. The smallest absolute Gasteiger partial charge is 0.217 e. The first-order valence-corrected chi connectivity index (χ1v) is 16.1. The van der Waals surface area contributed by atoms with Crippen LogP contribution < -0.4 is 10.6 Å². The largest absolute Gasteiger partial charge is 0.394 e. The molecule has 4 aliphatic rings. The van der Waals surface area contributed by atoms with Crippen molar-refractivity contribution in [3.8, 4) is 0 Å². The zero-order valence-corrected chi connectivity index (χ0v) is 27.4. The predicted octanol–water partition coefficient (Wildman–Crippen LogP) is -9.46. The predicted molar refractivity (Wildman–Crippen MR) is 157 cm³/mol. The number of nitrogens with one attached hydrogen (secondary N) is 2. The zero-order valence-electron chi connectivity index (χ0n) is 27.4. The maximum atomic E-state index is 12.2. The maximum Gasteiger partial charge on any atom is 0.217 e. The fraction of sp³-hybridized carbons (Fsp3) is 0.929. The van der Waals surface area contributed by atoms with Crippen LogP contribution in [0.4, 0.5) is 0 Å². The van der Waals surface area contributed by atoms with E-state index in [2.05, 4.69) is 10.6 Å². The third-order valence-corrected chi connectivity index (χ3v) is 8.99. The van der Waals surface area contributed by atoms with Gasteiger partial charge in [0.2, 0.25) is 11.8 Å². The molecule has 0 spiro atoms. The minimum absolute atomic E-state index is 0.656. The topological polar surface area (TPSA) is 366 Å². The molecule has 0 aromatic carbocycles. The van der Waals surface area contributed by atoms with Crippen molar-refractivity contribution in [1.29, 1.82) is 0 Å². The quantitative estimate of drug-likeness (QED) is 0.0881. The molecule has 296 valence electrons. The van der Waals surface area contributed by atoms with Crippen LogP contribution in [0.3, 0.4) is 0 Å². The Bertz CT molecular complexity index is 1140. The van der Waals surface area contributed by atoms with Crippen LogP contribution >= 0.6 is 0 Å². The first-order chi connectivity index (χ1) is 24.0. The summed E-state index contributed by atoms with van der Waals surface area (Å²) in [7, 11) is 0. The van der Waals surface area contributed by atoms with Gasteiger partial charge in [0, 0.05) is 13.8 Å². The van der Waals surface area contributed by atoms with Crippen molar-refractivity contribution in [2.75, 3.05) is 26.4 Å². The third-order valence-electron chi connectivity index (χ3n) is 8.99. The Balaban J connectivity index is 1.50. The lowest BCUT2D eigenvalue weighted by atomic mass is 9.94. The highest BCUT2D eigenvalue weighted by Gasteiger charge is 2.54. The number of carbonyl (C=O) groups excluding carboxylic acids is 2. The second-order valence-corrected chi connectivity index (χ2v) is 12.7. The number of amides is 2. The molecular formula is C28H48N2O21. The normalized spacial score (nSPS) is 47.8. The first kappa shape index (κ1) is 41.9. The standard InChI is InChI=1S/C28H48N2O21/c1-7(34)29-13-17(38)23(10(4-32)46-25(13)44)50-26-14(30-8(2)35)18(39)24(11(5-33)48-26)51-28-22(43)20(41)16(37)12(49-28)6-45-27-21(42)19(40)15(36)9(3-31)47-27/h9-28,31-33,36-44H,3-6H2,1-2H3,(H,29,34)(H,30,35)/t9-,10-,11-,12-,13-,14-,15-,16-,17-,18-,19+,20+,21+,22+,23-,24-,25-,26+,27-,28-/m1/s1. The van der Waals surface area contributed by atoms with Gasteiger partial charge < -0.3 is 105 Å². The van der Waals surface area contributed by atoms with Crippen LogP contribution in [-0.2, 0) is 42.7 Å². The van der Waals surface area contributed by atoms with Gasteiger partial charge in [-0.2, -0.15) is 0 Å². The lowest BCUT2D eigenvalue weighted by molar-refractivity contribution is -0.365. The number of aliphatic hydroxyl groups excluding tert-OH is 12. The fourth-order valence-corrected chi connectivity index (χ4v) is 6.25. The Kier molecular flexibility index (Phi) is 14.8. The van der Waals surface area contributed by atoms with Crippen molar-refractivity contribution in [1.82, 2.24) is 10.6 Å². The zero-order chi connectivity index (χ0) is 37.9. The van der Waals surface area contributed by atoms with Crippen LogP contribution in [0, 0.1) is 0 Å². The Labute approximate surface area is 289 Å². The molecule has 4 saturated heterocycles. The van der Waals surface area contributed by atoms with Crippen LogP contribution in [0.15, 0.2) is 0 Å². The molecule has 0 saturated carbocycles. The minimum Gasteiger partial charge on any atom is -0.394 e. The number of hydrogen-bond donors (Lipinski definition) is 14. The molecule has 4 aliphatic heterocycles. The molecule has 0 aromatic heterocycles. The van der Waals surface area contributed by atoms with Gasteiger partial charge in [-0.1, -0.05) is 0 Å². The van der Waals surface area contributed by atoms with E-state index in [0.717, 1.165) is 13.8 Å². The Hall–Kier alpha value is -1.82. The van der Waals surface area contributed by atoms with Crippen LogP contribution in [0.25, 0.3) is 0 Å². The molecule has 0 radical (unpaired) electrons. The molecule has 4 heterocycles. The first-order valence-electron chi connectivity index (χ1n) is 16.1. The summed E-state index contributed by atoms with van der Waals surface area (Å²) in [4.78, 5) is 23.9. The van der Waals surface area contributed by atoms with Gasteiger partial charge in [-0.3, -0.25) is 9.59 Å². The van der Waals surface area contributed by atoms with E-state index in [-0.39, 0.29) is 0 Å².